The van der Waals surface area contributed by atoms with E-state index in [1.165, 1.54) is 0 Å². The van der Waals surface area contributed by atoms with Crippen molar-refractivity contribution < 1.29 is 9.59 Å². The quantitative estimate of drug-likeness (QED) is 0.506. The first kappa shape index (κ1) is 13.9. The summed E-state index contributed by atoms with van der Waals surface area (Å²) in [7, 11) is 0. The molecule has 5 nitrogen and oxygen atoms in total. The van der Waals surface area contributed by atoms with E-state index >= 15 is 0 Å². The zero-order valence-electron chi connectivity index (χ0n) is 9.72. The van der Waals surface area contributed by atoms with Crippen LogP contribution in [0.1, 0.15) is 27.2 Å². The van der Waals surface area contributed by atoms with E-state index < -0.39 is 5.41 Å². The number of hydrogen-bond acceptors (Lipinski definition) is 3. The zero-order valence-corrected chi connectivity index (χ0v) is 9.72. The minimum Gasteiger partial charge on any atom is -0.369 e. The molecule has 0 aliphatic heterocycles. The van der Waals surface area contributed by atoms with Crippen molar-refractivity contribution in [3.63, 3.8) is 0 Å². The number of rotatable bonds is 7. The second-order valence-electron chi connectivity index (χ2n) is 4.13. The van der Waals surface area contributed by atoms with E-state index in [-0.39, 0.29) is 11.8 Å². The van der Waals surface area contributed by atoms with E-state index in [1.807, 2.05) is 6.92 Å². The molecule has 0 aromatic carbocycles. The third-order valence-corrected chi connectivity index (χ3v) is 2.14. The maximum atomic E-state index is 11.1. The summed E-state index contributed by atoms with van der Waals surface area (Å²) in [4.78, 5) is 22.0. The Morgan fingerprint density at radius 1 is 1.33 bits per heavy atom. The zero-order chi connectivity index (χ0) is 11.9. The van der Waals surface area contributed by atoms with E-state index in [1.54, 1.807) is 13.8 Å². The number of nitrogens with two attached hydrogens (primary N) is 1. The topological polar surface area (TPSA) is 84.2 Å². The van der Waals surface area contributed by atoms with Gasteiger partial charge in [0.2, 0.25) is 11.8 Å². The molecule has 0 aromatic rings. The molecule has 0 radical (unpaired) electrons. The molecule has 0 bridgehead atoms. The van der Waals surface area contributed by atoms with E-state index in [9.17, 15) is 9.59 Å². The lowest BCUT2D eigenvalue weighted by molar-refractivity contribution is -0.125. The third-order valence-electron chi connectivity index (χ3n) is 2.14. The number of hydrogen-bond donors (Lipinski definition) is 3. The summed E-state index contributed by atoms with van der Waals surface area (Å²) in [6.45, 7) is 7.11. The Bertz CT molecular complexity index is 227. The molecule has 5 heteroatoms. The molecule has 0 saturated heterocycles. The van der Waals surface area contributed by atoms with Crippen LogP contribution in [0.4, 0.5) is 0 Å². The van der Waals surface area contributed by atoms with Crippen molar-refractivity contribution in [3.8, 4) is 0 Å². The average molecular weight is 215 g/mol. The lowest BCUT2D eigenvalue weighted by Crippen LogP contribution is -2.41. The number of carbonyl (C=O) groups excluding carboxylic acids is 2. The van der Waals surface area contributed by atoms with Gasteiger partial charge in [0, 0.05) is 26.1 Å². The van der Waals surface area contributed by atoms with Gasteiger partial charge in [0.15, 0.2) is 0 Å². The first-order valence-corrected chi connectivity index (χ1v) is 5.17. The van der Waals surface area contributed by atoms with Crippen molar-refractivity contribution in [2.24, 2.45) is 11.1 Å². The second kappa shape index (κ2) is 6.40. The van der Waals surface area contributed by atoms with Crippen LogP contribution in [-0.4, -0.2) is 31.4 Å². The van der Waals surface area contributed by atoms with Gasteiger partial charge in [0.25, 0.3) is 0 Å². The van der Waals surface area contributed by atoms with Gasteiger partial charge in [-0.25, -0.2) is 0 Å². The first-order chi connectivity index (χ1) is 6.90. The van der Waals surface area contributed by atoms with Crippen LogP contribution in [0.25, 0.3) is 0 Å². The van der Waals surface area contributed by atoms with Crippen LogP contribution in [-0.2, 0) is 9.59 Å². The molecule has 0 aliphatic rings. The molecule has 4 N–H and O–H groups in total. The highest BCUT2D eigenvalue weighted by Crippen LogP contribution is 2.11. The van der Waals surface area contributed by atoms with Crippen LogP contribution in [0.5, 0.6) is 0 Å². The van der Waals surface area contributed by atoms with Crippen molar-refractivity contribution in [1.29, 1.82) is 0 Å². The van der Waals surface area contributed by atoms with Gasteiger partial charge < -0.3 is 16.4 Å². The summed E-state index contributed by atoms with van der Waals surface area (Å²) in [5.41, 5.74) is 4.63. The van der Waals surface area contributed by atoms with E-state index in [2.05, 4.69) is 10.6 Å². The van der Waals surface area contributed by atoms with E-state index in [0.717, 1.165) is 0 Å². The molecule has 0 rings (SSSR count). The Kier molecular flexibility index (Phi) is 5.93. The van der Waals surface area contributed by atoms with Crippen molar-refractivity contribution in [2.45, 2.75) is 27.2 Å². The average Bonchev–Trinajstić information content (AvgIpc) is 2.13. The normalized spacial score (nSPS) is 11.1. The lowest BCUT2D eigenvalue weighted by atomic mass is 9.93. The summed E-state index contributed by atoms with van der Waals surface area (Å²) in [5, 5.41) is 5.73. The van der Waals surface area contributed by atoms with Gasteiger partial charge in [-0.05, 0) is 20.8 Å². The molecule has 0 saturated carbocycles. The number of carbonyl (C=O) groups is 2. The minimum absolute atomic E-state index is 0.0156. The van der Waals surface area contributed by atoms with Crippen LogP contribution >= 0.6 is 0 Å². The summed E-state index contributed by atoms with van der Waals surface area (Å²) in [6, 6.07) is 0. The largest absolute Gasteiger partial charge is 0.369 e. The molecule has 88 valence electrons. The van der Waals surface area contributed by atoms with E-state index in [4.69, 9.17) is 5.73 Å². The number of nitrogens with one attached hydrogen (secondary N) is 2. The van der Waals surface area contributed by atoms with E-state index in [0.29, 0.717) is 26.1 Å². The van der Waals surface area contributed by atoms with Gasteiger partial charge in [0.05, 0.1) is 5.41 Å². The number of primary amides is 1. The van der Waals surface area contributed by atoms with Gasteiger partial charge >= 0.3 is 0 Å². The summed E-state index contributed by atoms with van der Waals surface area (Å²) >= 11 is 0. The minimum atomic E-state index is -0.568. The van der Waals surface area contributed by atoms with Gasteiger partial charge in [0.1, 0.15) is 0 Å². The van der Waals surface area contributed by atoms with Crippen molar-refractivity contribution in [2.75, 3.05) is 19.6 Å². The molecule has 15 heavy (non-hydrogen) atoms. The predicted molar refractivity (Wildman–Crippen MR) is 59.1 cm³/mol. The van der Waals surface area contributed by atoms with Gasteiger partial charge in [-0.15, -0.1) is 0 Å². The highest BCUT2D eigenvalue weighted by Gasteiger charge is 2.23. The fourth-order valence-corrected chi connectivity index (χ4v) is 0.975. The molecule has 0 heterocycles. The Balaban J connectivity index is 3.63. The van der Waals surface area contributed by atoms with Gasteiger partial charge in [-0.2, -0.15) is 0 Å². The Hall–Kier alpha value is -1.10. The fraction of sp³-hybridized carbons (Fsp3) is 0.800. The van der Waals surface area contributed by atoms with Gasteiger partial charge in [-0.3, -0.25) is 9.59 Å². The summed E-state index contributed by atoms with van der Waals surface area (Å²) in [5.74, 6) is -0.324. The third kappa shape index (κ3) is 6.06. The molecule has 0 atom stereocenters. The maximum Gasteiger partial charge on any atom is 0.224 e. The molecule has 0 fully saturated rings. The molecular weight excluding hydrogens is 194 g/mol. The molecule has 2 amide bonds. The van der Waals surface area contributed by atoms with Crippen molar-refractivity contribution >= 4 is 11.8 Å². The van der Waals surface area contributed by atoms with Crippen LogP contribution in [0.15, 0.2) is 0 Å². The number of amides is 2. The fourth-order valence-electron chi connectivity index (χ4n) is 0.975. The monoisotopic (exact) mass is 215 g/mol. The van der Waals surface area contributed by atoms with Crippen LogP contribution < -0.4 is 16.4 Å². The molecule has 0 unspecified atom stereocenters. The highest BCUT2D eigenvalue weighted by molar-refractivity contribution is 5.80. The van der Waals surface area contributed by atoms with Crippen LogP contribution in [0.3, 0.4) is 0 Å². The Morgan fingerprint density at radius 3 is 2.40 bits per heavy atom. The van der Waals surface area contributed by atoms with Crippen LogP contribution in [0.2, 0.25) is 0 Å². The van der Waals surface area contributed by atoms with Crippen LogP contribution in [0, 0.1) is 5.41 Å². The highest BCUT2D eigenvalue weighted by atomic mass is 16.2. The summed E-state index contributed by atoms with van der Waals surface area (Å²) < 4.78 is 0. The predicted octanol–water partition coefficient (Wildman–Crippen LogP) is -0.386. The summed E-state index contributed by atoms with van der Waals surface area (Å²) in [6.07, 6.45) is 0.419. The maximum absolute atomic E-state index is 11.1. The standard InChI is InChI=1S/C10H21N3O2/c1-4-13-8(14)5-6-12-7-10(2,3)9(11)15/h12H,4-7H2,1-3H3,(H2,11,15)(H,13,14). The molecule has 0 spiro atoms. The SMILES string of the molecule is CCNC(=O)CCNCC(C)(C)C(N)=O. The Labute approximate surface area is 90.8 Å². The smallest absolute Gasteiger partial charge is 0.224 e. The molecule has 0 aliphatic carbocycles. The van der Waals surface area contributed by atoms with Crippen molar-refractivity contribution in [1.82, 2.24) is 10.6 Å². The van der Waals surface area contributed by atoms with Crippen molar-refractivity contribution in [3.05, 3.63) is 0 Å². The lowest BCUT2D eigenvalue weighted by Gasteiger charge is -2.20. The second-order valence-corrected chi connectivity index (χ2v) is 4.13. The Morgan fingerprint density at radius 2 is 1.93 bits per heavy atom. The first-order valence-electron chi connectivity index (χ1n) is 5.17. The molecule has 0 aromatic heterocycles. The van der Waals surface area contributed by atoms with Gasteiger partial charge in [-0.1, -0.05) is 0 Å². The molecular formula is C10H21N3O2.